The van der Waals surface area contributed by atoms with Crippen molar-refractivity contribution in [1.82, 2.24) is 10.6 Å². The Labute approximate surface area is 120 Å². The van der Waals surface area contributed by atoms with E-state index < -0.39 is 11.4 Å². The maximum atomic E-state index is 11.8. The van der Waals surface area contributed by atoms with Gasteiger partial charge in [0, 0.05) is 12.6 Å². The Bertz CT molecular complexity index is 347. The van der Waals surface area contributed by atoms with E-state index in [9.17, 15) is 14.7 Å². The Balaban J connectivity index is 2.52. The summed E-state index contributed by atoms with van der Waals surface area (Å²) >= 11 is 0. The van der Waals surface area contributed by atoms with E-state index in [1.807, 2.05) is 6.92 Å². The van der Waals surface area contributed by atoms with Crippen LogP contribution in [-0.2, 0) is 4.79 Å². The topological polar surface area (TPSA) is 78.4 Å². The zero-order valence-electron chi connectivity index (χ0n) is 12.3. The Hall–Kier alpha value is -1.52. The Morgan fingerprint density at radius 1 is 1.30 bits per heavy atom. The largest absolute Gasteiger partial charge is 0.481 e. The van der Waals surface area contributed by atoms with Crippen molar-refractivity contribution in [3.8, 4) is 0 Å². The van der Waals surface area contributed by atoms with Gasteiger partial charge < -0.3 is 15.7 Å². The molecule has 0 saturated heterocycles. The van der Waals surface area contributed by atoms with Gasteiger partial charge in [0.15, 0.2) is 0 Å². The number of hydrogen-bond donors (Lipinski definition) is 3. The van der Waals surface area contributed by atoms with Gasteiger partial charge >= 0.3 is 12.0 Å². The van der Waals surface area contributed by atoms with E-state index in [1.165, 1.54) is 0 Å². The minimum absolute atomic E-state index is 0.00223. The molecule has 1 aliphatic rings. The molecule has 0 aromatic carbocycles. The fourth-order valence-electron chi connectivity index (χ4n) is 2.70. The molecule has 114 valence electrons. The second-order valence-electron chi connectivity index (χ2n) is 5.75. The van der Waals surface area contributed by atoms with Crippen molar-refractivity contribution in [3.05, 3.63) is 12.7 Å². The minimum Gasteiger partial charge on any atom is -0.481 e. The molecule has 1 fully saturated rings. The van der Waals surface area contributed by atoms with E-state index in [-0.39, 0.29) is 18.6 Å². The first-order valence-corrected chi connectivity index (χ1v) is 7.39. The summed E-state index contributed by atoms with van der Waals surface area (Å²) in [5.41, 5.74) is -0.796. The van der Waals surface area contributed by atoms with E-state index in [1.54, 1.807) is 6.08 Å². The smallest absolute Gasteiger partial charge is 0.315 e. The van der Waals surface area contributed by atoms with Crippen LogP contribution in [0.1, 0.15) is 51.9 Å². The molecule has 0 bridgehead atoms. The Kier molecular flexibility index (Phi) is 6.55. The van der Waals surface area contributed by atoms with Gasteiger partial charge in [-0.25, -0.2) is 4.79 Å². The highest BCUT2D eigenvalue weighted by Crippen LogP contribution is 2.34. The second-order valence-corrected chi connectivity index (χ2v) is 5.75. The summed E-state index contributed by atoms with van der Waals surface area (Å²) in [6, 6.07) is -0.299. The minimum atomic E-state index is -0.796. The van der Waals surface area contributed by atoms with Crippen molar-refractivity contribution in [2.45, 2.75) is 57.9 Å². The van der Waals surface area contributed by atoms with Crippen LogP contribution in [0.15, 0.2) is 12.7 Å². The average Bonchev–Trinajstić information content (AvgIpc) is 2.63. The summed E-state index contributed by atoms with van der Waals surface area (Å²) in [4.78, 5) is 23.4. The first-order chi connectivity index (χ1) is 9.50. The number of urea groups is 1. The van der Waals surface area contributed by atoms with Gasteiger partial charge in [0.25, 0.3) is 0 Å². The van der Waals surface area contributed by atoms with Gasteiger partial charge in [-0.3, -0.25) is 4.79 Å². The number of carboxylic acid groups (broad SMARTS) is 1. The monoisotopic (exact) mass is 282 g/mol. The summed E-state index contributed by atoms with van der Waals surface area (Å²) in [5, 5.41) is 15.0. The number of hydrogen-bond acceptors (Lipinski definition) is 2. The second kappa shape index (κ2) is 7.92. The molecule has 0 aromatic heterocycles. The third-order valence-electron chi connectivity index (χ3n) is 4.00. The SMILES string of the molecule is C=CCC(C)NC(=O)NCC1(C(=O)O)CCCCCC1. The quantitative estimate of drug-likeness (QED) is 0.517. The standard InChI is InChI=1S/C15H26N2O3/c1-3-8-12(2)17-14(20)16-11-15(13(18)19)9-6-4-5-7-10-15/h3,12H,1,4-11H2,2H3,(H,18,19)(H2,16,17,20). The molecule has 1 aliphatic carbocycles. The summed E-state index contributed by atoms with van der Waals surface area (Å²) in [6.07, 6.45) is 7.72. The fraction of sp³-hybridized carbons (Fsp3) is 0.733. The Morgan fingerprint density at radius 3 is 2.40 bits per heavy atom. The molecule has 0 radical (unpaired) electrons. The van der Waals surface area contributed by atoms with E-state index >= 15 is 0 Å². The summed E-state index contributed by atoms with van der Waals surface area (Å²) in [5.74, 6) is -0.793. The lowest BCUT2D eigenvalue weighted by molar-refractivity contribution is -0.149. The van der Waals surface area contributed by atoms with Crippen molar-refractivity contribution in [1.29, 1.82) is 0 Å². The molecule has 1 saturated carbocycles. The molecule has 5 heteroatoms. The van der Waals surface area contributed by atoms with Crippen molar-refractivity contribution in [2.75, 3.05) is 6.54 Å². The van der Waals surface area contributed by atoms with Gasteiger partial charge in [-0.05, 0) is 26.2 Å². The zero-order chi connectivity index (χ0) is 15.0. The fourth-order valence-corrected chi connectivity index (χ4v) is 2.70. The molecular weight excluding hydrogens is 256 g/mol. The summed E-state index contributed by atoms with van der Waals surface area (Å²) in [6.45, 7) is 5.71. The Morgan fingerprint density at radius 2 is 1.90 bits per heavy atom. The first kappa shape index (κ1) is 16.5. The lowest BCUT2D eigenvalue weighted by atomic mass is 9.80. The van der Waals surface area contributed by atoms with E-state index in [4.69, 9.17) is 0 Å². The molecule has 20 heavy (non-hydrogen) atoms. The van der Waals surface area contributed by atoms with E-state index in [2.05, 4.69) is 17.2 Å². The lowest BCUT2D eigenvalue weighted by Gasteiger charge is -2.28. The van der Waals surface area contributed by atoms with Gasteiger partial charge in [-0.2, -0.15) is 0 Å². The van der Waals surface area contributed by atoms with Crippen LogP contribution >= 0.6 is 0 Å². The van der Waals surface area contributed by atoms with Crippen molar-refractivity contribution in [3.63, 3.8) is 0 Å². The average molecular weight is 282 g/mol. The lowest BCUT2D eigenvalue weighted by Crippen LogP contribution is -2.47. The van der Waals surface area contributed by atoms with Crippen LogP contribution < -0.4 is 10.6 Å². The molecule has 1 rings (SSSR count). The molecule has 2 amide bonds. The first-order valence-electron chi connectivity index (χ1n) is 7.39. The number of nitrogens with one attached hydrogen (secondary N) is 2. The maximum Gasteiger partial charge on any atom is 0.315 e. The molecule has 0 aromatic rings. The van der Waals surface area contributed by atoms with Crippen LogP contribution in [-0.4, -0.2) is 29.7 Å². The number of carbonyl (C=O) groups excluding carboxylic acids is 1. The van der Waals surface area contributed by atoms with Crippen molar-refractivity contribution < 1.29 is 14.7 Å². The van der Waals surface area contributed by atoms with E-state index in [0.29, 0.717) is 19.3 Å². The van der Waals surface area contributed by atoms with Crippen LogP contribution in [0.2, 0.25) is 0 Å². The molecule has 0 heterocycles. The van der Waals surface area contributed by atoms with Crippen molar-refractivity contribution >= 4 is 12.0 Å². The normalized spacial score (nSPS) is 19.4. The van der Waals surface area contributed by atoms with Crippen LogP contribution in [0.4, 0.5) is 4.79 Å². The molecule has 0 spiro atoms. The van der Waals surface area contributed by atoms with Gasteiger partial charge in [-0.15, -0.1) is 6.58 Å². The predicted molar refractivity (Wildman–Crippen MR) is 78.6 cm³/mol. The van der Waals surface area contributed by atoms with Crippen LogP contribution in [0.5, 0.6) is 0 Å². The molecule has 0 aliphatic heterocycles. The number of carbonyl (C=O) groups is 2. The van der Waals surface area contributed by atoms with Gasteiger partial charge in [0.2, 0.25) is 0 Å². The molecule has 5 nitrogen and oxygen atoms in total. The number of amides is 2. The van der Waals surface area contributed by atoms with E-state index in [0.717, 1.165) is 25.7 Å². The zero-order valence-corrected chi connectivity index (χ0v) is 12.3. The van der Waals surface area contributed by atoms with Crippen LogP contribution in [0, 0.1) is 5.41 Å². The number of rotatable bonds is 6. The highest BCUT2D eigenvalue weighted by atomic mass is 16.4. The van der Waals surface area contributed by atoms with Crippen LogP contribution in [0.25, 0.3) is 0 Å². The summed E-state index contributed by atoms with van der Waals surface area (Å²) in [7, 11) is 0. The van der Waals surface area contributed by atoms with Gasteiger partial charge in [0.1, 0.15) is 0 Å². The summed E-state index contributed by atoms with van der Waals surface area (Å²) < 4.78 is 0. The van der Waals surface area contributed by atoms with Crippen LogP contribution in [0.3, 0.4) is 0 Å². The predicted octanol–water partition coefficient (Wildman–Crippen LogP) is 2.68. The molecule has 3 N–H and O–H groups in total. The number of carboxylic acids is 1. The molecule has 1 atom stereocenters. The highest BCUT2D eigenvalue weighted by molar-refractivity contribution is 5.78. The maximum absolute atomic E-state index is 11.8. The van der Waals surface area contributed by atoms with Gasteiger partial charge in [-0.1, -0.05) is 31.8 Å². The third kappa shape index (κ3) is 4.87. The highest BCUT2D eigenvalue weighted by Gasteiger charge is 2.38. The third-order valence-corrected chi connectivity index (χ3v) is 4.00. The van der Waals surface area contributed by atoms with Gasteiger partial charge in [0.05, 0.1) is 5.41 Å². The molecule has 1 unspecified atom stereocenters. The number of aliphatic carboxylic acids is 1. The molecular formula is C15H26N2O3. The van der Waals surface area contributed by atoms with Crippen molar-refractivity contribution in [2.24, 2.45) is 5.41 Å².